The van der Waals surface area contributed by atoms with Gasteiger partial charge in [-0.25, -0.2) is 9.78 Å². The average molecular weight is 322 g/mol. The van der Waals surface area contributed by atoms with Gasteiger partial charge in [0.1, 0.15) is 11.7 Å². The Labute approximate surface area is 133 Å². The Hall–Kier alpha value is -2.19. The Morgan fingerprint density at radius 1 is 1.43 bits per heavy atom. The molecule has 2 aromatic rings. The van der Waals surface area contributed by atoms with Gasteiger partial charge in [-0.05, 0) is 39.3 Å². The molecule has 2 aromatic heterocycles. The third kappa shape index (κ3) is 4.64. The topological polar surface area (TPSA) is 120 Å². The Balaban J connectivity index is 1.88. The maximum atomic E-state index is 11.5. The first kappa shape index (κ1) is 17.2. The number of nitrogens with one attached hydrogen (secondary N) is 2. The highest BCUT2D eigenvalue weighted by Gasteiger charge is 2.23. The second-order valence-corrected chi connectivity index (χ2v) is 6.24. The molecular weight excluding hydrogens is 300 g/mol. The average Bonchev–Trinajstić information content (AvgIpc) is 2.88. The third-order valence-corrected chi connectivity index (χ3v) is 3.13. The highest BCUT2D eigenvalue weighted by molar-refractivity contribution is 5.77. The molecule has 2 atom stereocenters. The molecule has 0 fully saturated rings. The standard InChI is InChI=1S/C15H22N4O4/c1-15(2,3)23-14(22)17-8-6-10(20)12(21)11-9-5-4-7-16-13(9)19-18-11/h4-5,7,10,12,20-21H,6,8H2,1-3H3,(H,17,22)(H,16,18,19). The first-order valence-corrected chi connectivity index (χ1v) is 7.40. The molecule has 0 aliphatic carbocycles. The minimum atomic E-state index is -1.15. The fourth-order valence-corrected chi connectivity index (χ4v) is 2.08. The van der Waals surface area contributed by atoms with E-state index in [1.54, 1.807) is 39.1 Å². The SMILES string of the molecule is CC(C)(C)OC(=O)NCCC(O)C(O)c1[nH]nc2ncccc12. The number of aliphatic hydroxyl groups is 2. The van der Waals surface area contributed by atoms with E-state index in [1.165, 1.54) is 0 Å². The molecule has 0 saturated carbocycles. The van der Waals surface area contributed by atoms with E-state index in [4.69, 9.17) is 4.74 Å². The molecule has 2 heterocycles. The molecule has 0 spiro atoms. The number of hydrogen-bond donors (Lipinski definition) is 4. The second kappa shape index (κ2) is 6.93. The van der Waals surface area contributed by atoms with Crippen LogP contribution in [0.3, 0.4) is 0 Å². The van der Waals surface area contributed by atoms with Crippen molar-refractivity contribution in [2.75, 3.05) is 6.54 Å². The second-order valence-electron chi connectivity index (χ2n) is 6.24. The predicted molar refractivity (Wildman–Crippen MR) is 83.7 cm³/mol. The number of carbonyl (C=O) groups is 1. The summed E-state index contributed by atoms with van der Waals surface area (Å²) in [5.74, 6) is 0. The summed E-state index contributed by atoms with van der Waals surface area (Å²) >= 11 is 0. The van der Waals surface area contributed by atoms with Gasteiger partial charge in [0.2, 0.25) is 0 Å². The van der Waals surface area contributed by atoms with Crippen molar-refractivity contribution in [1.29, 1.82) is 0 Å². The van der Waals surface area contributed by atoms with Crippen molar-refractivity contribution in [2.24, 2.45) is 0 Å². The Bertz CT molecular complexity index is 665. The van der Waals surface area contributed by atoms with Gasteiger partial charge in [-0.3, -0.25) is 5.10 Å². The number of amides is 1. The summed E-state index contributed by atoms with van der Waals surface area (Å²) in [4.78, 5) is 15.6. The maximum Gasteiger partial charge on any atom is 0.407 e. The van der Waals surface area contributed by atoms with Crippen LogP contribution in [0.15, 0.2) is 18.3 Å². The van der Waals surface area contributed by atoms with Gasteiger partial charge in [-0.2, -0.15) is 5.10 Å². The maximum absolute atomic E-state index is 11.5. The van der Waals surface area contributed by atoms with Crippen molar-refractivity contribution in [3.8, 4) is 0 Å². The number of hydrogen-bond acceptors (Lipinski definition) is 6. The Kier molecular flexibility index (Phi) is 5.17. The normalized spacial score (nSPS) is 14.5. The number of aromatic nitrogens is 3. The molecule has 0 aliphatic rings. The Morgan fingerprint density at radius 3 is 2.87 bits per heavy atom. The highest BCUT2D eigenvalue weighted by atomic mass is 16.6. The fraction of sp³-hybridized carbons (Fsp3) is 0.533. The minimum absolute atomic E-state index is 0.168. The molecule has 4 N–H and O–H groups in total. The zero-order valence-electron chi connectivity index (χ0n) is 13.4. The molecule has 0 radical (unpaired) electrons. The number of nitrogens with zero attached hydrogens (tertiary/aromatic N) is 2. The van der Waals surface area contributed by atoms with Crippen LogP contribution in [-0.4, -0.2) is 49.7 Å². The molecule has 0 aromatic carbocycles. The van der Waals surface area contributed by atoms with Crippen molar-refractivity contribution >= 4 is 17.1 Å². The summed E-state index contributed by atoms with van der Waals surface area (Å²) in [6, 6.07) is 3.49. The number of H-pyrrole nitrogens is 1. The fourth-order valence-electron chi connectivity index (χ4n) is 2.08. The van der Waals surface area contributed by atoms with Crippen LogP contribution < -0.4 is 5.32 Å². The molecule has 0 bridgehead atoms. The largest absolute Gasteiger partial charge is 0.444 e. The van der Waals surface area contributed by atoms with Gasteiger partial charge in [0.05, 0.1) is 11.8 Å². The van der Waals surface area contributed by atoms with Gasteiger partial charge in [-0.1, -0.05) is 0 Å². The zero-order valence-corrected chi connectivity index (χ0v) is 13.4. The molecule has 2 rings (SSSR count). The third-order valence-electron chi connectivity index (χ3n) is 3.13. The Morgan fingerprint density at radius 2 is 2.17 bits per heavy atom. The number of carbonyl (C=O) groups excluding carboxylic acids is 1. The summed E-state index contributed by atoms with van der Waals surface area (Å²) in [5.41, 5.74) is 0.294. The number of aliphatic hydroxyl groups excluding tert-OH is 2. The molecule has 2 unspecified atom stereocenters. The summed E-state index contributed by atoms with van der Waals surface area (Å²) in [7, 11) is 0. The van der Waals surface area contributed by atoms with Crippen LogP contribution in [0.25, 0.3) is 11.0 Å². The lowest BCUT2D eigenvalue weighted by molar-refractivity contribution is 0.0107. The molecule has 8 heteroatoms. The summed E-state index contributed by atoms with van der Waals surface area (Å²) in [6.07, 6.45) is -1.00. The van der Waals surface area contributed by atoms with Crippen LogP contribution >= 0.6 is 0 Å². The van der Waals surface area contributed by atoms with Gasteiger partial charge in [0, 0.05) is 18.1 Å². The number of alkyl carbamates (subject to hydrolysis) is 1. The highest BCUT2D eigenvalue weighted by Crippen LogP contribution is 2.23. The first-order chi connectivity index (χ1) is 10.8. The van der Waals surface area contributed by atoms with Gasteiger partial charge >= 0.3 is 6.09 Å². The van der Waals surface area contributed by atoms with E-state index in [2.05, 4.69) is 20.5 Å². The van der Waals surface area contributed by atoms with Crippen molar-refractivity contribution in [1.82, 2.24) is 20.5 Å². The number of rotatable bonds is 5. The van der Waals surface area contributed by atoms with Crippen LogP contribution in [0.4, 0.5) is 4.79 Å². The summed E-state index contributed by atoms with van der Waals surface area (Å²) < 4.78 is 5.09. The van der Waals surface area contributed by atoms with Crippen molar-refractivity contribution < 1.29 is 19.7 Å². The van der Waals surface area contributed by atoms with Crippen molar-refractivity contribution in [3.63, 3.8) is 0 Å². The number of ether oxygens (including phenoxy) is 1. The monoisotopic (exact) mass is 322 g/mol. The van der Waals surface area contributed by atoms with E-state index >= 15 is 0 Å². The van der Waals surface area contributed by atoms with Crippen LogP contribution in [0, 0.1) is 0 Å². The zero-order chi connectivity index (χ0) is 17.0. The van der Waals surface area contributed by atoms with E-state index in [9.17, 15) is 15.0 Å². The lowest BCUT2D eigenvalue weighted by atomic mass is 10.1. The summed E-state index contributed by atoms with van der Waals surface area (Å²) in [5, 5.41) is 30.2. The van der Waals surface area contributed by atoms with Crippen LogP contribution in [0.1, 0.15) is 39.0 Å². The predicted octanol–water partition coefficient (Wildman–Crippen LogP) is 1.27. The molecular formula is C15H22N4O4. The number of fused-ring (bicyclic) bond motifs is 1. The van der Waals surface area contributed by atoms with Crippen molar-refractivity contribution in [2.45, 2.75) is 45.0 Å². The lowest BCUT2D eigenvalue weighted by Crippen LogP contribution is -2.34. The number of aromatic amines is 1. The molecule has 23 heavy (non-hydrogen) atoms. The molecule has 126 valence electrons. The van der Waals surface area contributed by atoms with E-state index < -0.39 is 23.9 Å². The smallest absolute Gasteiger partial charge is 0.407 e. The van der Waals surface area contributed by atoms with E-state index in [1.807, 2.05) is 0 Å². The summed E-state index contributed by atoms with van der Waals surface area (Å²) in [6.45, 7) is 5.48. The van der Waals surface area contributed by atoms with E-state index in [-0.39, 0.29) is 13.0 Å². The molecule has 0 saturated heterocycles. The number of pyridine rings is 1. The van der Waals surface area contributed by atoms with E-state index in [0.29, 0.717) is 16.7 Å². The first-order valence-electron chi connectivity index (χ1n) is 7.40. The quantitative estimate of drug-likeness (QED) is 0.658. The van der Waals surface area contributed by atoms with Crippen LogP contribution in [0.2, 0.25) is 0 Å². The molecule has 0 aliphatic heterocycles. The van der Waals surface area contributed by atoms with Crippen LogP contribution in [-0.2, 0) is 4.74 Å². The van der Waals surface area contributed by atoms with Gasteiger partial charge in [-0.15, -0.1) is 0 Å². The minimum Gasteiger partial charge on any atom is -0.444 e. The van der Waals surface area contributed by atoms with Crippen LogP contribution in [0.5, 0.6) is 0 Å². The van der Waals surface area contributed by atoms with Crippen molar-refractivity contribution in [3.05, 3.63) is 24.0 Å². The van der Waals surface area contributed by atoms with Gasteiger partial charge < -0.3 is 20.3 Å². The lowest BCUT2D eigenvalue weighted by Gasteiger charge is -2.21. The van der Waals surface area contributed by atoms with Gasteiger partial charge in [0.25, 0.3) is 0 Å². The van der Waals surface area contributed by atoms with E-state index in [0.717, 1.165) is 0 Å². The molecule has 8 nitrogen and oxygen atoms in total. The molecule has 1 amide bonds. The van der Waals surface area contributed by atoms with Gasteiger partial charge in [0.15, 0.2) is 5.65 Å².